The van der Waals surface area contributed by atoms with Crippen LogP contribution in [-0.2, 0) is 4.79 Å². The van der Waals surface area contributed by atoms with Crippen molar-refractivity contribution in [3.8, 4) is 5.82 Å². The predicted octanol–water partition coefficient (Wildman–Crippen LogP) is 3.04. The standard InChI is InChI=1S/C21H23N7O3/c1-14-10-15(2)27(25-14)20-11-19(22-13-23-20)26-9-3-4-16(12-26)21(29)24-17-5-7-18(8-6-17)28(30)31/h5-8,10-11,13,16H,3-4,9,12H2,1-2H3,(H,24,29). The average Bonchev–Trinajstić information content (AvgIpc) is 3.12. The molecule has 1 atom stereocenters. The Labute approximate surface area is 179 Å². The van der Waals surface area contributed by atoms with E-state index < -0.39 is 4.92 Å². The summed E-state index contributed by atoms with van der Waals surface area (Å²) >= 11 is 0. The van der Waals surface area contributed by atoms with Gasteiger partial charge in [0.15, 0.2) is 5.82 Å². The highest BCUT2D eigenvalue weighted by Gasteiger charge is 2.27. The molecule has 0 saturated carbocycles. The quantitative estimate of drug-likeness (QED) is 0.497. The van der Waals surface area contributed by atoms with E-state index in [0.717, 1.165) is 36.6 Å². The Kier molecular flexibility index (Phi) is 5.61. The van der Waals surface area contributed by atoms with Crippen molar-refractivity contribution >= 4 is 23.1 Å². The summed E-state index contributed by atoms with van der Waals surface area (Å²) in [6.45, 7) is 5.24. The molecule has 10 nitrogen and oxygen atoms in total. The van der Waals surface area contributed by atoms with Crippen LogP contribution < -0.4 is 10.2 Å². The number of aromatic nitrogens is 4. The number of nitrogens with zero attached hydrogens (tertiary/aromatic N) is 6. The molecule has 0 aliphatic carbocycles. The Morgan fingerprint density at radius 2 is 1.90 bits per heavy atom. The van der Waals surface area contributed by atoms with Gasteiger partial charge in [0.05, 0.1) is 16.5 Å². The first-order valence-electron chi connectivity index (χ1n) is 10.1. The summed E-state index contributed by atoms with van der Waals surface area (Å²) in [5.74, 6) is 1.13. The summed E-state index contributed by atoms with van der Waals surface area (Å²) < 4.78 is 1.78. The molecule has 3 heterocycles. The topological polar surface area (TPSA) is 119 Å². The molecule has 1 aliphatic rings. The lowest BCUT2D eigenvalue weighted by molar-refractivity contribution is -0.384. The summed E-state index contributed by atoms with van der Waals surface area (Å²) in [5.41, 5.74) is 2.44. The zero-order chi connectivity index (χ0) is 22.0. The first-order valence-corrected chi connectivity index (χ1v) is 10.1. The Bertz CT molecular complexity index is 1110. The molecular formula is C21H23N7O3. The van der Waals surface area contributed by atoms with Crippen LogP contribution in [0, 0.1) is 29.9 Å². The number of amides is 1. The number of anilines is 2. The molecule has 2 aromatic heterocycles. The van der Waals surface area contributed by atoms with Gasteiger partial charge in [-0.05, 0) is 44.9 Å². The maximum atomic E-state index is 12.8. The van der Waals surface area contributed by atoms with Crippen molar-refractivity contribution in [2.45, 2.75) is 26.7 Å². The monoisotopic (exact) mass is 421 g/mol. The van der Waals surface area contributed by atoms with Gasteiger partial charge < -0.3 is 10.2 Å². The minimum atomic E-state index is -0.466. The van der Waals surface area contributed by atoms with Gasteiger partial charge in [0.25, 0.3) is 5.69 Å². The lowest BCUT2D eigenvalue weighted by Gasteiger charge is -2.32. The van der Waals surface area contributed by atoms with E-state index in [0.29, 0.717) is 18.1 Å². The highest BCUT2D eigenvalue weighted by Crippen LogP contribution is 2.24. The van der Waals surface area contributed by atoms with Crippen LogP contribution in [0.3, 0.4) is 0 Å². The van der Waals surface area contributed by atoms with E-state index >= 15 is 0 Å². The number of nitrogens with one attached hydrogen (secondary N) is 1. The molecule has 1 saturated heterocycles. The van der Waals surface area contributed by atoms with Gasteiger partial charge in [-0.1, -0.05) is 0 Å². The molecule has 3 aromatic rings. The van der Waals surface area contributed by atoms with E-state index in [9.17, 15) is 14.9 Å². The second-order valence-corrected chi connectivity index (χ2v) is 7.65. The number of nitro benzene ring substituents is 1. The highest BCUT2D eigenvalue weighted by atomic mass is 16.6. The maximum Gasteiger partial charge on any atom is 0.269 e. The van der Waals surface area contributed by atoms with Crippen molar-refractivity contribution in [1.29, 1.82) is 0 Å². The Balaban J connectivity index is 1.46. The van der Waals surface area contributed by atoms with Crippen LogP contribution >= 0.6 is 0 Å². The first kappa shape index (κ1) is 20.5. The van der Waals surface area contributed by atoms with Gasteiger partial charge in [0, 0.05) is 42.7 Å². The number of non-ortho nitro benzene ring substituents is 1. The van der Waals surface area contributed by atoms with Crippen LogP contribution in [0.15, 0.2) is 42.7 Å². The van der Waals surface area contributed by atoms with Gasteiger partial charge in [-0.15, -0.1) is 0 Å². The average molecular weight is 421 g/mol. The molecule has 1 unspecified atom stereocenters. The second kappa shape index (κ2) is 8.50. The van der Waals surface area contributed by atoms with Crippen molar-refractivity contribution in [2.75, 3.05) is 23.3 Å². The third kappa shape index (κ3) is 4.52. The smallest absolute Gasteiger partial charge is 0.269 e. The van der Waals surface area contributed by atoms with Crippen LogP contribution in [0.25, 0.3) is 5.82 Å². The summed E-state index contributed by atoms with van der Waals surface area (Å²) in [6, 6.07) is 9.72. The van der Waals surface area contributed by atoms with Crippen molar-refractivity contribution in [2.24, 2.45) is 5.92 Å². The van der Waals surface area contributed by atoms with E-state index in [1.165, 1.54) is 18.5 Å². The van der Waals surface area contributed by atoms with Crippen molar-refractivity contribution in [3.05, 3.63) is 64.2 Å². The molecule has 1 amide bonds. The minimum Gasteiger partial charge on any atom is -0.356 e. The molecule has 1 aliphatic heterocycles. The number of benzene rings is 1. The molecule has 160 valence electrons. The van der Waals surface area contributed by atoms with Crippen molar-refractivity contribution in [3.63, 3.8) is 0 Å². The van der Waals surface area contributed by atoms with Gasteiger partial charge >= 0.3 is 0 Å². The number of hydrogen-bond donors (Lipinski definition) is 1. The number of carbonyl (C=O) groups excluding carboxylic acids is 1. The fourth-order valence-electron chi connectivity index (χ4n) is 3.80. The Morgan fingerprint density at radius 3 is 2.58 bits per heavy atom. The maximum absolute atomic E-state index is 12.8. The van der Waals surface area contributed by atoms with Gasteiger partial charge in [0.1, 0.15) is 12.1 Å². The van der Waals surface area contributed by atoms with E-state index in [2.05, 4.69) is 25.3 Å². The van der Waals surface area contributed by atoms with Crippen LogP contribution in [0.4, 0.5) is 17.2 Å². The molecular weight excluding hydrogens is 398 g/mol. The predicted molar refractivity (Wildman–Crippen MR) is 115 cm³/mol. The number of carbonyl (C=O) groups is 1. The minimum absolute atomic E-state index is 0.0102. The summed E-state index contributed by atoms with van der Waals surface area (Å²) in [6.07, 6.45) is 3.14. The first-order chi connectivity index (χ1) is 14.9. The van der Waals surface area contributed by atoms with Crippen LogP contribution in [0.1, 0.15) is 24.2 Å². The third-order valence-corrected chi connectivity index (χ3v) is 5.33. The van der Waals surface area contributed by atoms with Crippen LogP contribution in [0.5, 0.6) is 0 Å². The van der Waals surface area contributed by atoms with E-state index in [1.807, 2.05) is 26.0 Å². The SMILES string of the molecule is Cc1cc(C)n(-c2cc(N3CCCC(C(=O)Nc4ccc([N+](=O)[O-])cc4)C3)ncn2)n1. The van der Waals surface area contributed by atoms with Gasteiger partial charge in [0.2, 0.25) is 5.91 Å². The molecule has 0 spiro atoms. The Morgan fingerprint density at radius 1 is 1.16 bits per heavy atom. The van der Waals surface area contributed by atoms with Crippen molar-refractivity contribution < 1.29 is 9.72 Å². The van der Waals surface area contributed by atoms with Crippen LogP contribution in [0.2, 0.25) is 0 Å². The third-order valence-electron chi connectivity index (χ3n) is 5.33. The van der Waals surface area contributed by atoms with Gasteiger partial charge in [-0.2, -0.15) is 5.10 Å². The lowest BCUT2D eigenvalue weighted by Crippen LogP contribution is -2.41. The normalized spacial score (nSPS) is 16.2. The number of nitro groups is 1. The number of aryl methyl sites for hydroxylation is 2. The fourth-order valence-corrected chi connectivity index (χ4v) is 3.80. The lowest BCUT2D eigenvalue weighted by atomic mass is 9.97. The summed E-state index contributed by atoms with van der Waals surface area (Å²) in [7, 11) is 0. The number of piperidine rings is 1. The van der Waals surface area contributed by atoms with E-state index in [4.69, 9.17) is 0 Å². The zero-order valence-corrected chi connectivity index (χ0v) is 17.4. The number of rotatable bonds is 5. The second-order valence-electron chi connectivity index (χ2n) is 7.65. The van der Waals surface area contributed by atoms with Crippen LogP contribution in [-0.4, -0.2) is 43.7 Å². The molecule has 1 N–H and O–H groups in total. The largest absolute Gasteiger partial charge is 0.356 e. The summed E-state index contributed by atoms with van der Waals surface area (Å²) in [5, 5.41) is 18.1. The molecule has 0 bridgehead atoms. The molecule has 10 heteroatoms. The fraction of sp³-hybridized carbons (Fsp3) is 0.333. The Hall–Kier alpha value is -3.82. The number of hydrogen-bond acceptors (Lipinski definition) is 7. The molecule has 31 heavy (non-hydrogen) atoms. The molecule has 4 rings (SSSR count). The van der Waals surface area contributed by atoms with Gasteiger partial charge in [-0.3, -0.25) is 14.9 Å². The highest BCUT2D eigenvalue weighted by molar-refractivity contribution is 5.93. The molecule has 0 radical (unpaired) electrons. The van der Waals surface area contributed by atoms with E-state index in [-0.39, 0.29) is 17.5 Å². The molecule has 1 fully saturated rings. The zero-order valence-electron chi connectivity index (χ0n) is 17.4. The van der Waals surface area contributed by atoms with Gasteiger partial charge in [-0.25, -0.2) is 14.6 Å². The molecule has 1 aromatic carbocycles. The van der Waals surface area contributed by atoms with E-state index in [1.54, 1.807) is 16.8 Å². The summed E-state index contributed by atoms with van der Waals surface area (Å²) in [4.78, 5) is 33.9. The van der Waals surface area contributed by atoms with Crippen molar-refractivity contribution in [1.82, 2.24) is 19.7 Å².